The third-order valence-electron chi connectivity index (χ3n) is 5.77. The summed E-state index contributed by atoms with van der Waals surface area (Å²) < 4.78 is 16.1. The fourth-order valence-electron chi connectivity index (χ4n) is 4.13. The van der Waals surface area contributed by atoms with E-state index >= 15 is 0 Å². The van der Waals surface area contributed by atoms with Gasteiger partial charge in [0.15, 0.2) is 11.7 Å². The van der Waals surface area contributed by atoms with Crippen molar-refractivity contribution < 1.29 is 33.4 Å². The van der Waals surface area contributed by atoms with E-state index in [0.717, 1.165) is 28.4 Å². The molecule has 0 radical (unpaired) electrons. The first-order valence-corrected chi connectivity index (χ1v) is 13.1. The second-order valence-corrected chi connectivity index (χ2v) is 10.9. The van der Waals surface area contributed by atoms with Gasteiger partial charge in [0.05, 0.1) is 36.8 Å². The summed E-state index contributed by atoms with van der Waals surface area (Å²) in [5.74, 6) is -1.48. The van der Waals surface area contributed by atoms with E-state index in [4.69, 9.17) is 35.6 Å². The molecule has 2 atom stereocenters. The van der Waals surface area contributed by atoms with Gasteiger partial charge in [-0.2, -0.15) is 0 Å². The first kappa shape index (κ1) is 25.8. The highest BCUT2D eigenvalue weighted by molar-refractivity contribution is 7.17. The van der Waals surface area contributed by atoms with Crippen LogP contribution in [0.25, 0.3) is 0 Å². The van der Waals surface area contributed by atoms with Crippen LogP contribution >= 0.6 is 34.3 Å². The maximum Gasteiger partial charge on any atom is 0.363 e. The number of carbonyl (C=O) groups excluding carboxylic acids is 3. The number of rotatable bonds is 9. The average Bonchev–Trinajstić information content (AvgIpc) is 3.46. The number of halogens is 1. The van der Waals surface area contributed by atoms with E-state index in [9.17, 15) is 14.4 Å². The zero-order valence-corrected chi connectivity index (χ0v) is 21.7. The number of aryl methyl sites for hydroxylation is 1. The molecule has 0 bridgehead atoms. The number of amides is 1. The van der Waals surface area contributed by atoms with Gasteiger partial charge in [-0.3, -0.25) is 9.59 Å². The first-order valence-electron chi connectivity index (χ1n) is 11.1. The minimum Gasteiger partial charge on any atom is -0.472 e. The molecular formula is C22H26ClN3O7S2. The van der Waals surface area contributed by atoms with Crippen molar-refractivity contribution >= 4 is 52.1 Å². The molecule has 2 unspecified atom stereocenters. The number of thiazole rings is 1. The van der Waals surface area contributed by atoms with E-state index in [1.54, 1.807) is 17.0 Å². The van der Waals surface area contributed by atoms with Crippen molar-refractivity contribution in [3.63, 3.8) is 0 Å². The van der Waals surface area contributed by atoms with E-state index in [1.807, 2.05) is 0 Å². The molecule has 3 heterocycles. The van der Waals surface area contributed by atoms with Crippen LogP contribution in [0, 0.1) is 0 Å². The Morgan fingerprint density at radius 1 is 1.23 bits per heavy atom. The van der Waals surface area contributed by atoms with Gasteiger partial charge in [-0.05, 0) is 31.4 Å². The van der Waals surface area contributed by atoms with E-state index in [-0.39, 0.29) is 31.0 Å². The predicted molar refractivity (Wildman–Crippen MR) is 129 cm³/mol. The van der Waals surface area contributed by atoms with Gasteiger partial charge < -0.3 is 23.9 Å². The topological polar surface area (TPSA) is 108 Å². The third-order valence-corrected chi connectivity index (χ3v) is 8.03. The summed E-state index contributed by atoms with van der Waals surface area (Å²) in [6, 6.07) is 2.56. The number of esters is 1. The molecule has 10 nitrogen and oxygen atoms in total. The highest BCUT2D eigenvalue weighted by atomic mass is 35.5. The van der Waals surface area contributed by atoms with Gasteiger partial charge in [-0.15, -0.1) is 16.4 Å². The van der Waals surface area contributed by atoms with Gasteiger partial charge in [0.25, 0.3) is 0 Å². The van der Waals surface area contributed by atoms with Crippen LogP contribution in [-0.4, -0.2) is 79.4 Å². The van der Waals surface area contributed by atoms with E-state index < -0.39 is 12.0 Å². The lowest BCUT2D eigenvalue weighted by molar-refractivity contribution is -0.219. The number of nitrogens with zero attached hydrogens (tertiary/aromatic N) is 3. The maximum atomic E-state index is 13.2. The minimum atomic E-state index is -0.786. The second kappa shape index (κ2) is 11.7. The Hall–Kier alpha value is -2.25. The minimum absolute atomic E-state index is 0.0583. The van der Waals surface area contributed by atoms with Crippen molar-refractivity contribution in [2.45, 2.75) is 37.8 Å². The van der Waals surface area contributed by atoms with Crippen LogP contribution in [-0.2, 0) is 41.7 Å². The first-order chi connectivity index (χ1) is 16.9. The summed E-state index contributed by atoms with van der Waals surface area (Å²) in [5, 5.41) is 2.61. The largest absolute Gasteiger partial charge is 0.472 e. The van der Waals surface area contributed by atoms with Crippen molar-refractivity contribution in [3.8, 4) is 5.06 Å². The van der Waals surface area contributed by atoms with Crippen LogP contribution in [0.2, 0.25) is 4.34 Å². The van der Waals surface area contributed by atoms with Crippen molar-refractivity contribution in [2.24, 2.45) is 0 Å². The van der Waals surface area contributed by atoms with Crippen molar-refractivity contribution in [3.05, 3.63) is 32.0 Å². The number of methoxy groups -OCH3 is 2. The molecule has 2 aromatic rings. The third kappa shape index (κ3) is 6.12. The molecule has 0 N–H and O–H groups in total. The van der Waals surface area contributed by atoms with Gasteiger partial charge in [0, 0.05) is 18.5 Å². The number of aromatic nitrogens is 1. The van der Waals surface area contributed by atoms with Crippen molar-refractivity contribution in [1.29, 1.82) is 0 Å². The molecule has 4 rings (SSSR count). The van der Waals surface area contributed by atoms with Gasteiger partial charge >= 0.3 is 11.9 Å². The number of hydrogen-bond donors (Lipinski definition) is 0. The Balaban J connectivity index is 1.38. The van der Waals surface area contributed by atoms with Gasteiger partial charge in [-0.1, -0.05) is 22.9 Å². The van der Waals surface area contributed by atoms with Crippen LogP contribution in [0.15, 0.2) is 12.1 Å². The molecule has 190 valence electrons. The second-order valence-electron chi connectivity index (χ2n) is 8.07. The number of hydrogen-bond acceptors (Lipinski definition) is 11. The van der Waals surface area contributed by atoms with E-state index in [2.05, 4.69) is 0 Å². The van der Waals surface area contributed by atoms with E-state index in [1.165, 1.54) is 42.0 Å². The van der Waals surface area contributed by atoms with Gasteiger partial charge in [-0.25, -0.2) is 9.78 Å². The Morgan fingerprint density at radius 3 is 2.77 bits per heavy atom. The van der Waals surface area contributed by atoms with Crippen LogP contribution in [0.4, 0.5) is 0 Å². The lowest BCUT2D eigenvalue weighted by atomic mass is 9.91. The summed E-state index contributed by atoms with van der Waals surface area (Å²) in [7, 11) is 2.87. The molecule has 1 saturated heterocycles. The number of fused-ring (bicyclic) bond motifs is 1. The number of hydroxylamine groups is 2. The number of piperazine rings is 1. The Kier molecular flexibility index (Phi) is 8.60. The average molecular weight is 544 g/mol. The zero-order valence-electron chi connectivity index (χ0n) is 19.4. The Labute approximate surface area is 215 Å². The number of ether oxygens (including phenoxy) is 3. The highest BCUT2D eigenvalue weighted by Gasteiger charge is 2.38. The molecule has 1 aliphatic carbocycles. The lowest BCUT2D eigenvalue weighted by Gasteiger charge is -2.38. The molecule has 13 heteroatoms. The molecule has 1 aliphatic heterocycles. The molecule has 1 fully saturated rings. The van der Waals surface area contributed by atoms with Crippen LogP contribution in [0.3, 0.4) is 0 Å². The number of thiophene rings is 1. The molecule has 2 aromatic heterocycles. The molecule has 1 amide bonds. The van der Waals surface area contributed by atoms with Crippen LogP contribution in [0.1, 0.15) is 34.3 Å². The molecule has 35 heavy (non-hydrogen) atoms. The quantitative estimate of drug-likeness (QED) is 0.441. The molecule has 2 aliphatic rings. The van der Waals surface area contributed by atoms with Crippen LogP contribution in [0.5, 0.6) is 5.06 Å². The van der Waals surface area contributed by atoms with Crippen molar-refractivity contribution in [2.75, 3.05) is 40.5 Å². The molecular weight excluding hydrogens is 518 g/mol. The molecule has 0 aromatic carbocycles. The Bertz CT molecular complexity index is 1080. The normalized spacial score (nSPS) is 20.4. The summed E-state index contributed by atoms with van der Waals surface area (Å²) in [5.41, 5.74) is 0.767. The molecule has 0 saturated carbocycles. The van der Waals surface area contributed by atoms with Gasteiger partial charge in [0.1, 0.15) is 17.0 Å². The number of carbonyl (C=O) groups is 3. The van der Waals surface area contributed by atoms with Crippen LogP contribution < -0.4 is 4.74 Å². The standard InChI is InChI=1S/C22H26ClN3O7S2/c1-30-11-14-21(28)25(8-9-26(14)33-18(27)12-32-19-7-6-16(23)35-19)10-17-24-20-13(22(29)31-2)4-3-5-15(20)34-17/h6-7,13-14H,3-5,8-12H2,1-2H3. The highest BCUT2D eigenvalue weighted by Crippen LogP contribution is 2.36. The summed E-state index contributed by atoms with van der Waals surface area (Å²) in [6.45, 7) is 0.721. The zero-order chi connectivity index (χ0) is 24.9. The summed E-state index contributed by atoms with van der Waals surface area (Å²) in [6.07, 6.45) is 2.48. The smallest absolute Gasteiger partial charge is 0.363 e. The summed E-state index contributed by atoms with van der Waals surface area (Å²) in [4.78, 5) is 50.6. The lowest BCUT2D eigenvalue weighted by Crippen LogP contribution is -2.58. The van der Waals surface area contributed by atoms with Crippen molar-refractivity contribution in [1.82, 2.24) is 14.9 Å². The summed E-state index contributed by atoms with van der Waals surface area (Å²) >= 11 is 8.60. The SMILES string of the molecule is COCC1C(=O)N(Cc2nc3c(s2)CCCC3C(=O)OC)CCN1OC(=O)COc1ccc(Cl)s1. The van der Waals surface area contributed by atoms with E-state index in [0.29, 0.717) is 35.5 Å². The fourth-order valence-corrected chi connectivity index (χ4v) is 6.19. The van der Waals surface area contributed by atoms with Gasteiger partial charge in [0.2, 0.25) is 5.91 Å². The fraction of sp³-hybridized carbons (Fsp3) is 0.545. The predicted octanol–water partition coefficient (Wildman–Crippen LogP) is 2.65. The monoisotopic (exact) mass is 543 g/mol. The Morgan fingerprint density at radius 2 is 2.06 bits per heavy atom. The maximum absolute atomic E-state index is 13.2. The molecule has 0 spiro atoms.